The lowest BCUT2D eigenvalue weighted by atomic mass is 9.99. The average Bonchev–Trinajstić information content (AvgIpc) is 2.99. The number of carbonyl (C=O) groups is 2. The Kier molecular flexibility index (Phi) is 8.29. The minimum atomic E-state index is -1.15. The van der Waals surface area contributed by atoms with E-state index in [9.17, 15) is 32.7 Å². The van der Waals surface area contributed by atoms with Crippen molar-refractivity contribution in [2.45, 2.75) is 6.92 Å². The number of para-hydroxylation sites is 1. The van der Waals surface area contributed by atoms with Gasteiger partial charge in [0.05, 0.1) is 5.69 Å². The van der Waals surface area contributed by atoms with Crippen molar-refractivity contribution in [1.29, 1.82) is 0 Å². The molecule has 44 heavy (non-hydrogen) atoms. The Hall–Kier alpha value is -5.72. The van der Waals surface area contributed by atoms with Gasteiger partial charge in [0.15, 0.2) is 5.65 Å². The minimum absolute atomic E-state index is 0.0493. The highest BCUT2D eigenvalue weighted by Crippen LogP contribution is 2.32. The zero-order valence-corrected chi connectivity index (χ0v) is 23.4. The molecule has 224 valence electrons. The number of halogens is 3. The van der Waals surface area contributed by atoms with Crippen LogP contribution in [0.3, 0.4) is 0 Å². The molecule has 0 bridgehead atoms. The fraction of sp³-hybridized carbons (Fsp3) is 0.129. The maximum absolute atomic E-state index is 15.0. The van der Waals surface area contributed by atoms with E-state index in [1.807, 2.05) is 0 Å². The van der Waals surface area contributed by atoms with Gasteiger partial charge in [0.25, 0.3) is 11.5 Å². The van der Waals surface area contributed by atoms with Crippen molar-refractivity contribution in [3.8, 4) is 16.9 Å². The third-order valence-corrected chi connectivity index (χ3v) is 6.83. The van der Waals surface area contributed by atoms with E-state index in [1.54, 1.807) is 25.1 Å². The molecule has 0 radical (unpaired) electrons. The van der Waals surface area contributed by atoms with Crippen molar-refractivity contribution in [1.82, 2.24) is 19.4 Å². The summed E-state index contributed by atoms with van der Waals surface area (Å²) < 4.78 is 44.0. The molecule has 0 saturated carbocycles. The Bertz CT molecular complexity index is 1940. The fourth-order valence-corrected chi connectivity index (χ4v) is 4.50. The third-order valence-electron chi connectivity index (χ3n) is 6.83. The van der Waals surface area contributed by atoms with Crippen molar-refractivity contribution in [2.24, 2.45) is 0 Å². The van der Waals surface area contributed by atoms with Gasteiger partial charge in [-0.3, -0.25) is 14.2 Å². The van der Waals surface area contributed by atoms with E-state index >= 15 is 0 Å². The highest BCUT2D eigenvalue weighted by atomic mass is 19.1. The number of benzene rings is 3. The fourth-order valence-electron chi connectivity index (χ4n) is 4.50. The predicted molar refractivity (Wildman–Crippen MR) is 159 cm³/mol. The van der Waals surface area contributed by atoms with Crippen LogP contribution in [0.1, 0.15) is 15.9 Å². The van der Waals surface area contributed by atoms with Gasteiger partial charge in [-0.25, -0.2) is 22.9 Å². The summed E-state index contributed by atoms with van der Waals surface area (Å²) in [6.45, 7) is 1.89. The van der Waals surface area contributed by atoms with Crippen LogP contribution in [0.5, 0.6) is 0 Å². The lowest BCUT2D eigenvalue weighted by molar-refractivity contribution is 0.102. The summed E-state index contributed by atoms with van der Waals surface area (Å²) in [5.74, 6) is -2.98. The first-order valence-corrected chi connectivity index (χ1v) is 13.3. The number of anilines is 2. The number of carboxylic acid groups (broad SMARTS) is 1. The molecule has 0 saturated heterocycles. The number of fused-ring (bicyclic) bond motifs is 1. The third kappa shape index (κ3) is 6.07. The molecule has 0 spiro atoms. The summed E-state index contributed by atoms with van der Waals surface area (Å²) in [7, 11) is 1.38. The predicted octanol–water partition coefficient (Wildman–Crippen LogP) is 5.45. The molecule has 5 aromatic rings. The number of pyridine rings is 1. The first-order valence-electron chi connectivity index (χ1n) is 13.3. The van der Waals surface area contributed by atoms with Gasteiger partial charge in [-0.15, -0.1) is 0 Å². The van der Waals surface area contributed by atoms with E-state index in [0.717, 1.165) is 27.7 Å². The minimum Gasteiger partial charge on any atom is -0.465 e. The van der Waals surface area contributed by atoms with Crippen LogP contribution in [0, 0.1) is 24.4 Å². The Morgan fingerprint density at radius 2 is 1.66 bits per heavy atom. The number of likely N-dealkylation sites (N-methyl/N-ethyl adjacent to an activating group) is 1. The molecule has 0 aliphatic rings. The van der Waals surface area contributed by atoms with Crippen molar-refractivity contribution >= 4 is 34.7 Å². The standard InChI is InChI=1S/C31H25F3N6O4/c1-17-6-7-18(29(42)36-20-10-8-19(32)9-11-20)16-22(17)26-21-12-13-25(41)40(27-23(33)4-3-5-24(27)34)28(21)38-30(37-26)35-14-15-39(2)31(43)44/h3-13,16H,14-15H2,1-2H3,(H,36,42)(H,43,44)(H,35,37,38). The Balaban J connectivity index is 1.67. The highest BCUT2D eigenvalue weighted by Gasteiger charge is 2.21. The summed E-state index contributed by atoms with van der Waals surface area (Å²) in [5, 5.41) is 15.0. The maximum Gasteiger partial charge on any atom is 0.407 e. The summed E-state index contributed by atoms with van der Waals surface area (Å²) in [5.41, 5.74) is 0.460. The van der Waals surface area contributed by atoms with Crippen LogP contribution in [-0.4, -0.2) is 56.7 Å². The zero-order chi connectivity index (χ0) is 31.5. The molecule has 3 N–H and O–H groups in total. The van der Waals surface area contributed by atoms with E-state index in [2.05, 4.69) is 20.6 Å². The second-order valence-corrected chi connectivity index (χ2v) is 9.83. The molecule has 5 rings (SSSR count). The van der Waals surface area contributed by atoms with Gasteiger partial charge in [-0.2, -0.15) is 4.98 Å². The number of aromatic nitrogens is 3. The molecule has 10 nitrogen and oxygen atoms in total. The number of rotatable bonds is 8. The SMILES string of the molecule is Cc1ccc(C(=O)Nc2ccc(F)cc2)cc1-c1nc(NCCN(C)C(=O)O)nc2c1ccc(=O)n2-c1c(F)cccc1F. The van der Waals surface area contributed by atoms with Crippen LogP contribution in [0.2, 0.25) is 0 Å². The van der Waals surface area contributed by atoms with Crippen LogP contribution < -0.4 is 16.2 Å². The maximum atomic E-state index is 15.0. The highest BCUT2D eigenvalue weighted by molar-refractivity contribution is 6.05. The van der Waals surface area contributed by atoms with Crippen molar-refractivity contribution in [2.75, 3.05) is 30.8 Å². The van der Waals surface area contributed by atoms with Crippen LogP contribution >= 0.6 is 0 Å². The van der Waals surface area contributed by atoms with Gasteiger partial charge in [0.1, 0.15) is 23.1 Å². The van der Waals surface area contributed by atoms with E-state index in [0.29, 0.717) is 16.8 Å². The Morgan fingerprint density at radius 1 is 0.955 bits per heavy atom. The van der Waals surface area contributed by atoms with Gasteiger partial charge in [-0.1, -0.05) is 12.1 Å². The smallest absolute Gasteiger partial charge is 0.407 e. The molecule has 2 aromatic heterocycles. The number of carbonyl (C=O) groups excluding carboxylic acids is 1. The second kappa shape index (κ2) is 12.3. The Labute approximate surface area is 248 Å². The summed E-state index contributed by atoms with van der Waals surface area (Å²) in [6.07, 6.45) is -1.15. The van der Waals surface area contributed by atoms with E-state index in [1.165, 1.54) is 43.4 Å². The second-order valence-electron chi connectivity index (χ2n) is 9.83. The van der Waals surface area contributed by atoms with Crippen LogP contribution in [0.4, 0.5) is 29.6 Å². The van der Waals surface area contributed by atoms with Gasteiger partial charge in [-0.05, 0) is 67.1 Å². The monoisotopic (exact) mass is 602 g/mol. The zero-order valence-electron chi connectivity index (χ0n) is 23.4. The number of nitrogens with one attached hydrogen (secondary N) is 2. The molecule has 2 amide bonds. The first-order chi connectivity index (χ1) is 21.0. The first kappa shape index (κ1) is 29.8. The van der Waals surface area contributed by atoms with Crippen molar-refractivity contribution < 1.29 is 27.9 Å². The van der Waals surface area contributed by atoms with Crippen LogP contribution in [0.25, 0.3) is 28.0 Å². The molecular weight excluding hydrogens is 577 g/mol. The lowest BCUT2D eigenvalue weighted by Gasteiger charge is -2.17. The summed E-state index contributed by atoms with van der Waals surface area (Å²) in [4.78, 5) is 47.5. The molecule has 0 unspecified atom stereocenters. The molecular formula is C31H25F3N6O4. The largest absolute Gasteiger partial charge is 0.465 e. The number of hydrogen-bond donors (Lipinski definition) is 3. The summed E-state index contributed by atoms with van der Waals surface area (Å²) in [6, 6.07) is 15.9. The van der Waals surface area contributed by atoms with Gasteiger partial charge in [0, 0.05) is 48.4 Å². The molecule has 0 aliphatic heterocycles. The number of aryl methyl sites for hydroxylation is 1. The molecule has 0 fully saturated rings. The number of nitrogens with zero attached hydrogens (tertiary/aromatic N) is 4. The molecule has 2 heterocycles. The normalized spacial score (nSPS) is 10.9. The van der Waals surface area contributed by atoms with Crippen LogP contribution in [-0.2, 0) is 0 Å². The van der Waals surface area contributed by atoms with Gasteiger partial charge < -0.3 is 20.6 Å². The van der Waals surface area contributed by atoms with Crippen LogP contribution in [0.15, 0.2) is 77.6 Å². The number of hydrogen-bond acceptors (Lipinski definition) is 6. The van der Waals surface area contributed by atoms with Crippen molar-refractivity contribution in [3.05, 3.63) is 112 Å². The van der Waals surface area contributed by atoms with E-state index in [-0.39, 0.29) is 41.3 Å². The average molecular weight is 603 g/mol. The molecule has 0 atom stereocenters. The lowest BCUT2D eigenvalue weighted by Crippen LogP contribution is -2.30. The number of amides is 2. The van der Waals surface area contributed by atoms with E-state index in [4.69, 9.17) is 0 Å². The Morgan fingerprint density at radius 3 is 2.34 bits per heavy atom. The molecule has 13 heteroatoms. The van der Waals surface area contributed by atoms with Gasteiger partial charge >= 0.3 is 6.09 Å². The quantitative estimate of drug-likeness (QED) is 0.216. The molecule has 0 aliphatic carbocycles. The van der Waals surface area contributed by atoms with Crippen molar-refractivity contribution in [3.63, 3.8) is 0 Å². The molecule has 3 aromatic carbocycles. The topological polar surface area (TPSA) is 129 Å². The van der Waals surface area contributed by atoms with E-state index < -0.39 is 40.7 Å². The summed E-state index contributed by atoms with van der Waals surface area (Å²) >= 11 is 0. The van der Waals surface area contributed by atoms with Gasteiger partial charge in [0.2, 0.25) is 5.95 Å².